The molecular weight excluding hydrogens is 270 g/mol. The van der Waals surface area contributed by atoms with E-state index in [1.54, 1.807) is 0 Å². The highest BCUT2D eigenvalue weighted by atomic mass is 16.7. The van der Waals surface area contributed by atoms with Gasteiger partial charge in [-0.05, 0) is 5.16 Å². The molecule has 0 aromatic heterocycles. The van der Waals surface area contributed by atoms with Gasteiger partial charge in [0.1, 0.15) is 0 Å². The van der Waals surface area contributed by atoms with Gasteiger partial charge < -0.3 is 14.7 Å². The summed E-state index contributed by atoms with van der Waals surface area (Å²) in [4.78, 5) is 16.3. The highest BCUT2D eigenvalue weighted by Gasteiger charge is 2.44. The van der Waals surface area contributed by atoms with E-state index in [1.807, 2.05) is 60.7 Å². The maximum Gasteiger partial charge on any atom is 0.512 e. The van der Waals surface area contributed by atoms with Gasteiger partial charge in [0.15, 0.2) is 5.60 Å². The number of nitrogens with zero attached hydrogens (tertiary/aromatic N) is 1. The molecule has 0 saturated heterocycles. The molecule has 1 heterocycles. The molecule has 0 atom stereocenters. The van der Waals surface area contributed by atoms with Crippen LogP contribution in [0.3, 0.4) is 0 Å². The molecule has 0 amide bonds. The monoisotopic (exact) mass is 283 g/mol. The predicted octanol–water partition coefficient (Wildman–Crippen LogP) is 3.36. The molecule has 1 aliphatic rings. The van der Waals surface area contributed by atoms with Crippen molar-refractivity contribution in [2.24, 2.45) is 5.16 Å². The third-order valence-corrected chi connectivity index (χ3v) is 3.39. The van der Waals surface area contributed by atoms with Gasteiger partial charge in [-0.3, -0.25) is 0 Å². The van der Waals surface area contributed by atoms with Crippen LogP contribution in [0.25, 0.3) is 0 Å². The Balaban J connectivity index is 2.01. The normalized spacial score (nSPS) is 15.9. The number of hydrogen-bond acceptors (Lipinski definition) is 4. The van der Waals surface area contributed by atoms with Crippen LogP contribution < -0.4 is 0 Å². The predicted molar refractivity (Wildman–Crippen MR) is 75.9 cm³/mol. The van der Waals surface area contributed by atoms with Gasteiger partial charge in [0.05, 0.1) is 6.42 Å². The molecule has 3 rings (SSSR count). The number of carboxylic acid groups (broad SMARTS) is 1. The minimum atomic E-state index is -1.39. The van der Waals surface area contributed by atoms with Crippen LogP contribution in [0.4, 0.5) is 4.79 Å². The summed E-state index contributed by atoms with van der Waals surface area (Å²) in [6, 6.07) is 19.1. The van der Waals surface area contributed by atoms with E-state index in [1.165, 1.54) is 0 Å². The summed E-state index contributed by atoms with van der Waals surface area (Å²) in [5.41, 5.74) is 0.931. The molecule has 106 valence electrons. The molecule has 0 unspecified atom stereocenters. The van der Waals surface area contributed by atoms with Gasteiger partial charge in [0, 0.05) is 11.1 Å². The van der Waals surface area contributed by atoms with Crippen LogP contribution in [0.1, 0.15) is 17.5 Å². The Kier molecular flexibility index (Phi) is 3.31. The summed E-state index contributed by atoms with van der Waals surface area (Å²) in [5.74, 6) is 0.0511. The largest absolute Gasteiger partial charge is 0.512 e. The lowest BCUT2D eigenvalue weighted by Gasteiger charge is -2.27. The second kappa shape index (κ2) is 5.28. The number of oxime groups is 1. The van der Waals surface area contributed by atoms with Gasteiger partial charge in [-0.25, -0.2) is 4.79 Å². The molecule has 0 spiro atoms. The molecule has 2 aromatic carbocycles. The van der Waals surface area contributed by atoms with Crippen molar-refractivity contribution in [1.82, 2.24) is 0 Å². The smallest absolute Gasteiger partial charge is 0.449 e. The molecule has 0 bridgehead atoms. The first-order valence-corrected chi connectivity index (χ1v) is 6.47. The van der Waals surface area contributed by atoms with E-state index < -0.39 is 11.8 Å². The van der Waals surface area contributed by atoms with Gasteiger partial charge in [-0.2, -0.15) is 0 Å². The fraction of sp³-hybridized carbons (Fsp3) is 0.125. The number of benzene rings is 2. The molecular formula is C16H13NO4. The number of ether oxygens (including phenoxy) is 1. The highest BCUT2D eigenvalue weighted by Crippen LogP contribution is 2.41. The summed E-state index contributed by atoms with van der Waals surface area (Å²) < 4.78 is 4.65. The molecule has 5 nitrogen and oxygen atoms in total. The van der Waals surface area contributed by atoms with E-state index in [9.17, 15) is 4.79 Å². The molecule has 0 aliphatic carbocycles. The molecule has 5 heteroatoms. The van der Waals surface area contributed by atoms with Crippen molar-refractivity contribution >= 4 is 12.1 Å². The quantitative estimate of drug-likeness (QED) is 0.858. The lowest BCUT2D eigenvalue weighted by Crippen LogP contribution is -2.28. The Bertz CT molecular complexity index is 628. The van der Waals surface area contributed by atoms with E-state index in [2.05, 4.69) is 9.89 Å². The van der Waals surface area contributed by atoms with Gasteiger partial charge in [-0.15, -0.1) is 0 Å². The van der Waals surface area contributed by atoms with Crippen molar-refractivity contribution in [3.8, 4) is 0 Å². The van der Waals surface area contributed by atoms with Crippen LogP contribution in [0.2, 0.25) is 0 Å². The minimum Gasteiger partial charge on any atom is -0.449 e. The van der Waals surface area contributed by atoms with E-state index in [4.69, 9.17) is 9.94 Å². The average molecular weight is 283 g/mol. The van der Waals surface area contributed by atoms with Crippen molar-refractivity contribution in [3.63, 3.8) is 0 Å². The van der Waals surface area contributed by atoms with E-state index in [-0.39, 0.29) is 12.3 Å². The second-order valence-corrected chi connectivity index (χ2v) is 4.68. The first-order chi connectivity index (χ1) is 10.2. The fourth-order valence-electron chi connectivity index (χ4n) is 2.45. The number of hydrogen-bond donors (Lipinski definition) is 1. The SMILES string of the molecule is O=C(O)OC1=NOC(c2ccccc2)(c2ccccc2)C1. The topological polar surface area (TPSA) is 68.1 Å². The molecule has 0 saturated carbocycles. The second-order valence-electron chi connectivity index (χ2n) is 4.68. The Hall–Kier alpha value is -2.82. The van der Waals surface area contributed by atoms with Crippen LogP contribution in [-0.4, -0.2) is 17.2 Å². The van der Waals surface area contributed by atoms with Crippen molar-refractivity contribution in [1.29, 1.82) is 0 Å². The van der Waals surface area contributed by atoms with Gasteiger partial charge >= 0.3 is 6.16 Å². The van der Waals surface area contributed by atoms with Crippen LogP contribution >= 0.6 is 0 Å². The molecule has 0 fully saturated rings. The van der Waals surface area contributed by atoms with Gasteiger partial charge in [-0.1, -0.05) is 60.7 Å². The van der Waals surface area contributed by atoms with E-state index >= 15 is 0 Å². The van der Waals surface area contributed by atoms with Gasteiger partial charge in [0.2, 0.25) is 5.90 Å². The first kappa shape index (κ1) is 13.2. The Morgan fingerprint density at radius 1 is 1.05 bits per heavy atom. The zero-order chi connectivity index (χ0) is 14.7. The average Bonchev–Trinajstić information content (AvgIpc) is 2.93. The van der Waals surface area contributed by atoms with Crippen LogP contribution in [0, 0.1) is 0 Å². The van der Waals surface area contributed by atoms with Gasteiger partial charge in [0.25, 0.3) is 0 Å². The van der Waals surface area contributed by atoms with Crippen LogP contribution in [-0.2, 0) is 15.2 Å². The molecule has 1 N–H and O–H groups in total. The summed E-state index contributed by atoms with van der Waals surface area (Å²) in [6.07, 6.45) is -1.16. The zero-order valence-electron chi connectivity index (χ0n) is 11.1. The third-order valence-electron chi connectivity index (χ3n) is 3.39. The van der Waals surface area contributed by atoms with Crippen LogP contribution in [0.15, 0.2) is 65.8 Å². The third kappa shape index (κ3) is 2.45. The summed E-state index contributed by atoms with van der Waals surface area (Å²) >= 11 is 0. The fourth-order valence-corrected chi connectivity index (χ4v) is 2.45. The lowest BCUT2D eigenvalue weighted by molar-refractivity contribution is 0.0111. The summed E-state index contributed by atoms with van der Waals surface area (Å²) in [5, 5.41) is 12.5. The van der Waals surface area contributed by atoms with E-state index in [0.29, 0.717) is 0 Å². The van der Waals surface area contributed by atoms with Crippen molar-refractivity contribution in [2.45, 2.75) is 12.0 Å². The lowest BCUT2D eigenvalue weighted by atomic mass is 9.84. The Morgan fingerprint density at radius 2 is 1.57 bits per heavy atom. The maximum atomic E-state index is 10.7. The standard InChI is InChI=1S/C16H13NO4/c18-15(19)20-14-11-16(21-17-14,12-7-3-1-4-8-12)13-9-5-2-6-10-13/h1-10H,11H2,(H,18,19). The maximum absolute atomic E-state index is 10.7. The van der Waals surface area contributed by atoms with Crippen molar-refractivity contribution in [2.75, 3.05) is 0 Å². The molecule has 1 aliphatic heterocycles. The first-order valence-electron chi connectivity index (χ1n) is 6.47. The molecule has 21 heavy (non-hydrogen) atoms. The summed E-state index contributed by atoms with van der Waals surface area (Å²) in [7, 11) is 0. The molecule has 2 aromatic rings. The Morgan fingerprint density at radius 3 is 2.05 bits per heavy atom. The number of rotatable bonds is 2. The van der Waals surface area contributed by atoms with Crippen molar-refractivity contribution < 1.29 is 19.5 Å². The van der Waals surface area contributed by atoms with Crippen LogP contribution in [0.5, 0.6) is 0 Å². The highest BCUT2D eigenvalue weighted by molar-refractivity contribution is 5.87. The Labute approximate surface area is 121 Å². The van der Waals surface area contributed by atoms with E-state index in [0.717, 1.165) is 11.1 Å². The minimum absolute atomic E-state index is 0.0511. The summed E-state index contributed by atoms with van der Waals surface area (Å²) in [6.45, 7) is 0. The zero-order valence-corrected chi connectivity index (χ0v) is 11.1. The number of carbonyl (C=O) groups is 1. The van der Waals surface area contributed by atoms with Crippen molar-refractivity contribution in [3.05, 3.63) is 71.8 Å². The molecule has 0 radical (unpaired) electrons.